The quantitative estimate of drug-likeness (QED) is 0.904. The number of ether oxygens (including phenoxy) is 1. The maximum atomic E-state index is 5.88. The average Bonchev–Trinajstić information content (AvgIpc) is 3.10. The maximum Gasteiger partial charge on any atom is 0.111 e. The number of nitrogens with one attached hydrogen (secondary N) is 1. The molecule has 2 fully saturated rings. The summed E-state index contributed by atoms with van der Waals surface area (Å²) in [5.74, 6) is 0. The SMILES string of the molecule is CN(C)C1(Cn2cncc2C2CNCCO2)CCCC1. The Labute approximate surface area is 121 Å². The first kappa shape index (κ1) is 14.0. The fourth-order valence-corrected chi connectivity index (χ4v) is 3.58. The zero-order valence-electron chi connectivity index (χ0n) is 12.6. The first-order valence-corrected chi connectivity index (χ1v) is 7.71. The second-order valence-corrected chi connectivity index (χ2v) is 6.34. The molecule has 5 nitrogen and oxygen atoms in total. The van der Waals surface area contributed by atoms with Crippen LogP contribution in [0.4, 0.5) is 0 Å². The topological polar surface area (TPSA) is 42.3 Å². The van der Waals surface area contributed by atoms with Gasteiger partial charge in [-0.15, -0.1) is 0 Å². The molecule has 1 N–H and O–H groups in total. The molecule has 1 aliphatic carbocycles. The predicted octanol–water partition coefficient (Wildman–Crippen LogP) is 1.42. The van der Waals surface area contributed by atoms with Gasteiger partial charge in [-0.2, -0.15) is 0 Å². The lowest BCUT2D eigenvalue weighted by atomic mass is 9.95. The van der Waals surface area contributed by atoms with Crippen molar-refractivity contribution in [1.82, 2.24) is 19.8 Å². The van der Waals surface area contributed by atoms with E-state index in [-0.39, 0.29) is 11.6 Å². The lowest BCUT2D eigenvalue weighted by Gasteiger charge is -2.37. The largest absolute Gasteiger partial charge is 0.369 e. The van der Waals surface area contributed by atoms with Crippen molar-refractivity contribution in [2.75, 3.05) is 33.8 Å². The highest BCUT2D eigenvalue weighted by atomic mass is 16.5. The molecule has 112 valence electrons. The Morgan fingerprint density at radius 1 is 1.45 bits per heavy atom. The number of morpholine rings is 1. The summed E-state index contributed by atoms with van der Waals surface area (Å²) in [7, 11) is 4.42. The van der Waals surface area contributed by atoms with Crippen LogP contribution in [0.3, 0.4) is 0 Å². The van der Waals surface area contributed by atoms with Crippen LogP contribution in [0.15, 0.2) is 12.5 Å². The van der Waals surface area contributed by atoms with Gasteiger partial charge in [0.25, 0.3) is 0 Å². The van der Waals surface area contributed by atoms with E-state index in [2.05, 4.69) is 33.9 Å². The number of aromatic nitrogens is 2. The van der Waals surface area contributed by atoms with E-state index in [1.165, 1.54) is 31.4 Å². The summed E-state index contributed by atoms with van der Waals surface area (Å²) in [5.41, 5.74) is 1.50. The molecule has 0 radical (unpaired) electrons. The van der Waals surface area contributed by atoms with Crippen LogP contribution in [-0.4, -0.2) is 53.8 Å². The van der Waals surface area contributed by atoms with Crippen molar-refractivity contribution in [3.63, 3.8) is 0 Å². The van der Waals surface area contributed by atoms with Gasteiger partial charge in [-0.05, 0) is 26.9 Å². The first-order chi connectivity index (χ1) is 9.71. The van der Waals surface area contributed by atoms with E-state index in [1.54, 1.807) is 0 Å². The second-order valence-electron chi connectivity index (χ2n) is 6.34. The van der Waals surface area contributed by atoms with Gasteiger partial charge in [0.05, 0.1) is 24.8 Å². The number of imidazole rings is 1. The molecule has 1 aliphatic heterocycles. The number of hydrogen-bond acceptors (Lipinski definition) is 4. The molecule has 5 heteroatoms. The summed E-state index contributed by atoms with van der Waals surface area (Å²) in [6.07, 6.45) is 9.31. The second kappa shape index (κ2) is 5.84. The van der Waals surface area contributed by atoms with E-state index in [1.807, 2.05) is 12.5 Å². The minimum Gasteiger partial charge on any atom is -0.369 e. The highest BCUT2D eigenvalue weighted by molar-refractivity contribution is 5.07. The normalized spacial score (nSPS) is 26.2. The lowest BCUT2D eigenvalue weighted by molar-refractivity contribution is 0.0206. The molecule has 1 atom stereocenters. The molecule has 2 heterocycles. The van der Waals surface area contributed by atoms with Gasteiger partial charge in [0.15, 0.2) is 0 Å². The third-order valence-electron chi connectivity index (χ3n) is 4.95. The molecule has 1 unspecified atom stereocenters. The van der Waals surface area contributed by atoms with Gasteiger partial charge in [-0.1, -0.05) is 12.8 Å². The number of rotatable bonds is 4. The molecule has 0 spiro atoms. The molecule has 0 aromatic carbocycles. The molecule has 2 aliphatic rings. The Balaban J connectivity index is 1.78. The van der Waals surface area contributed by atoms with E-state index in [0.717, 1.165) is 26.2 Å². The fourth-order valence-electron chi connectivity index (χ4n) is 3.58. The van der Waals surface area contributed by atoms with Crippen LogP contribution in [-0.2, 0) is 11.3 Å². The molecule has 1 saturated carbocycles. The fraction of sp³-hybridized carbons (Fsp3) is 0.800. The lowest BCUT2D eigenvalue weighted by Crippen LogP contribution is -2.46. The van der Waals surface area contributed by atoms with Crippen molar-refractivity contribution in [2.24, 2.45) is 0 Å². The van der Waals surface area contributed by atoms with Gasteiger partial charge in [0.1, 0.15) is 6.10 Å². The Morgan fingerprint density at radius 3 is 2.90 bits per heavy atom. The van der Waals surface area contributed by atoms with Crippen molar-refractivity contribution in [1.29, 1.82) is 0 Å². The summed E-state index contributed by atoms with van der Waals surface area (Å²) in [6.45, 7) is 3.65. The summed E-state index contributed by atoms with van der Waals surface area (Å²) < 4.78 is 8.19. The Morgan fingerprint density at radius 2 is 2.25 bits per heavy atom. The maximum absolute atomic E-state index is 5.88. The molecule has 1 aromatic rings. The van der Waals surface area contributed by atoms with Gasteiger partial charge in [0, 0.05) is 25.2 Å². The van der Waals surface area contributed by atoms with Crippen LogP contribution < -0.4 is 5.32 Å². The highest BCUT2D eigenvalue weighted by Gasteiger charge is 2.37. The molecule has 3 rings (SSSR count). The minimum absolute atomic E-state index is 0.145. The van der Waals surface area contributed by atoms with E-state index in [0.29, 0.717) is 0 Å². The zero-order chi connectivity index (χ0) is 14.0. The van der Waals surface area contributed by atoms with Gasteiger partial charge in [0.2, 0.25) is 0 Å². The third kappa shape index (κ3) is 2.62. The van der Waals surface area contributed by atoms with Gasteiger partial charge in [-0.25, -0.2) is 4.98 Å². The third-order valence-corrected chi connectivity index (χ3v) is 4.95. The zero-order valence-corrected chi connectivity index (χ0v) is 12.6. The highest BCUT2D eigenvalue weighted by Crippen LogP contribution is 2.36. The molecule has 0 bridgehead atoms. The molecule has 20 heavy (non-hydrogen) atoms. The van der Waals surface area contributed by atoms with Crippen molar-refractivity contribution in [3.8, 4) is 0 Å². The molecular formula is C15H26N4O. The number of nitrogens with zero attached hydrogens (tertiary/aromatic N) is 3. The van der Waals surface area contributed by atoms with Crippen molar-refractivity contribution < 1.29 is 4.74 Å². The summed E-state index contributed by atoms with van der Waals surface area (Å²) >= 11 is 0. The van der Waals surface area contributed by atoms with Crippen molar-refractivity contribution in [3.05, 3.63) is 18.2 Å². The molecule has 0 amide bonds. The summed E-state index contributed by atoms with van der Waals surface area (Å²) in [4.78, 5) is 6.77. The van der Waals surface area contributed by atoms with E-state index in [4.69, 9.17) is 4.74 Å². The summed E-state index contributed by atoms with van der Waals surface area (Å²) in [5, 5.41) is 3.40. The van der Waals surface area contributed by atoms with E-state index < -0.39 is 0 Å². The van der Waals surface area contributed by atoms with Crippen LogP contribution in [0.2, 0.25) is 0 Å². The van der Waals surface area contributed by atoms with E-state index in [9.17, 15) is 0 Å². The van der Waals surface area contributed by atoms with E-state index >= 15 is 0 Å². The number of hydrogen-bond donors (Lipinski definition) is 1. The smallest absolute Gasteiger partial charge is 0.111 e. The van der Waals surface area contributed by atoms with Crippen LogP contribution in [0, 0.1) is 0 Å². The summed E-state index contributed by atoms with van der Waals surface area (Å²) in [6, 6.07) is 0. The monoisotopic (exact) mass is 278 g/mol. The predicted molar refractivity (Wildman–Crippen MR) is 78.7 cm³/mol. The molecule has 1 aromatic heterocycles. The Kier molecular flexibility index (Phi) is 4.10. The molecule has 1 saturated heterocycles. The Hall–Kier alpha value is -0.910. The number of likely N-dealkylation sites (N-methyl/N-ethyl adjacent to an activating group) is 1. The van der Waals surface area contributed by atoms with Crippen LogP contribution >= 0.6 is 0 Å². The molecular weight excluding hydrogens is 252 g/mol. The van der Waals surface area contributed by atoms with Gasteiger partial charge >= 0.3 is 0 Å². The van der Waals surface area contributed by atoms with Crippen LogP contribution in [0.5, 0.6) is 0 Å². The average molecular weight is 278 g/mol. The minimum atomic E-state index is 0.145. The van der Waals surface area contributed by atoms with Gasteiger partial charge < -0.3 is 19.5 Å². The Bertz CT molecular complexity index is 431. The van der Waals surface area contributed by atoms with Crippen molar-refractivity contribution in [2.45, 2.75) is 43.9 Å². The van der Waals surface area contributed by atoms with Crippen LogP contribution in [0.1, 0.15) is 37.5 Å². The first-order valence-electron chi connectivity index (χ1n) is 7.71. The standard InChI is InChI=1S/C15H26N4O/c1-18(2)15(5-3-4-6-15)11-19-12-17-9-13(19)14-10-16-7-8-20-14/h9,12,14,16H,3-8,10-11H2,1-2H3. The van der Waals surface area contributed by atoms with Crippen LogP contribution in [0.25, 0.3) is 0 Å². The van der Waals surface area contributed by atoms with Gasteiger partial charge in [-0.3, -0.25) is 0 Å². The van der Waals surface area contributed by atoms with Crippen molar-refractivity contribution >= 4 is 0 Å².